The molecule has 0 radical (unpaired) electrons. The first kappa shape index (κ1) is 22.4. The largest absolute Gasteiger partial charge is 0.480 e. The highest BCUT2D eigenvalue weighted by Gasteiger charge is 2.74. The molecule has 0 aromatic heterocycles. The Morgan fingerprint density at radius 2 is 1.68 bits per heavy atom. The molecule has 0 heterocycles. The molecule has 2 atom stereocenters. The lowest BCUT2D eigenvalue weighted by atomic mass is 9.74. The van der Waals surface area contributed by atoms with E-state index >= 15 is 0 Å². The molecule has 2 unspecified atom stereocenters. The van der Waals surface area contributed by atoms with E-state index in [1.807, 2.05) is 24.3 Å². The van der Waals surface area contributed by atoms with Crippen LogP contribution in [-0.2, 0) is 14.3 Å². The first-order chi connectivity index (χ1) is 16.3. The Morgan fingerprint density at radius 1 is 1.09 bits per heavy atom. The number of rotatable bonds is 7. The molecule has 3 aliphatic carbocycles. The molecule has 3 aliphatic rings. The Labute approximate surface area is 199 Å². The summed E-state index contributed by atoms with van der Waals surface area (Å²) < 4.78 is 5.64. The van der Waals surface area contributed by atoms with Crippen molar-refractivity contribution in [1.29, 1.82) is 0 Å². The van der Waals surface area contributed by atoms with E-state index in [9.17, 15) is 19.5 Å². The Morgan fingerprint density at radius 3 is 2.18 bits per heavy atom. The summed E-state index contributed by atoms with van der Waals surface area (Å²) in [5.74, 6) is -1.28. The fraction of sp³-hybridized carbons (Fsp3) is 0.444. The molecule has 2 fully saturated rings. The lowest BCUT2D eigenvalue weighted by Crippen LogP contribution is -2.50. The molecular formula is C27H30N2O5. The number of fused-ring (bicyclic) bond motifs is 3. The molecule has 2 amide bonds. The van der Waals surface area contributed by atoms with Crippen LogP contribution in [0.3, 0.4) is 0 Å². The number of nitrogens with zero attached hydrogens (tertiary/aromatic N) is 1. The molecule has 2 N–H and O–H groups in total. The third kappa shape index (κ3) is 3.37. The molecule has 2 aromatic carbocycles. The first-order valence-electron chi connectivity index (χ1n) is 11.9. The van der Waals surface area contributed by atoms with Gasteiger partial charge in [0, 0.05) is 19.5 Å². The number of amides is 2. The zero-order chi connectivity index (χ0) is 24.1. The van der Waals surface area contributed by atoms with E-state index in [1.54, 1.807) is 0 Å². The van der Waals surface area contributed by atoms with Crippen LogP contribution >= 0.6 is 0 Å². The summed E-state index contributed by atoms with van der Waals surface area (Å²) in [6, 6.07) is 15.4. The number of carboxylic acids is 1. The van der Waals surface area contributed by atoms with E-state index in [1.165, 1.54) is 18.9 Å². The van der Waals surface area contributed by atoms with E-state index in [0.717, 1.165) is 41.5 Å². The second kappa shape index (κ2) is 8.15. The van der Waals surface area contributed by atoms with E-state index in [0.29, 0.717) is 6.42 Å². The third-order valence-corrected chi connectivity index (χ3v) is 8.39. The fourth-order valence-corrected chi connectivity index (χ4v) is 5.97. The summed E-state index contributed by atoms with van der Waals surface area (Å²) in [6.45, 7) is 1.88. The van der Waals surface area contributed by atoms with Crippen LogP contribution in [0.2, 0.25) is 0 Å². The molecule has 5 rings (SSSR count). The van der Waals surface area contributed by atoms with Crippen LogP contribution < -0.4 is 5.32 Å². The zero-order valence-electron chi connectivity index (χ0n) is 19.5. The van der Waals surface area contributed by atoms with Gasteiger partial charge in [0.15, 0.2) is 0 Å². The van der Waals surface area contributed by atoms with Crippen LogP contribution in [0, 0.1) is 10.8 Å². The maximum atomic E-state index is 13.3. The summed E-state index contributed by atoms with van der Waals surface area (Å²) in [4.78, 5) is 38.7. The Balaban J connectivity index is 1.25. The van der Waals surface area contributed by atoms with E-state index < -0.39 is 23.5 Å². The van der Waals surface area contributed by atoms with Crippen molar-refractivity contribution in [3.05, 3.63) is 59.7 Å². The van der Waals surface area contributed by atoms with Crippen LogP contribution in [0.1, 0.15) is 49.7 Å². The minimum Gasteiger partial charge on any atom is -0.480 e. The van der Waals surface area contributed by atoms with Crippen LogP contribution in [0.4, 0.5) is 4.79 Å². The monoisotopic (exact) mass is 462 g/mol. The Bertz CT molecular complexity index is 1110. The normalized spacial score (nSPS) is 22.2. The number of hydrogen-bond acceptors (Lipinski definition) is 4. The predicted octanol–water partition coefficient (Wildman–Crippen LogP) is 4.02. The topological polar surface area (TPSA) is 95.9 Å². The van der Waals surface area contributed by atoms with Gasteiger partial charge in [-0.3, -0.25) is 4.79 Å². The van der Waals surface area contributed by atoms with Gasteiger partial charge in [0.05, 0.1) is 5.41 Å². The molecule has 0 saturated heterocycles. The van der Waals surface area contributed by atoms with Crippen molar-refractivity contribution < 1.29 is 24.2 Å². The van der Waals surface area contributed by atoms with Crippen LogP contribution in [0.15, 0.2) is 48.5 Å². The van der Waals surface area contributed by atoms with Crippen LogP contribution in [0.5, 0.6) is 0 Å². The Hall–Kier alpha value is -3.35. The molecule has 1 spiro atoms. The molecule has 7 heteroatoms. The number of nitrogens with one attached hydrogen (secondary N) is 1. The van der Waals surface area contributed by atoms with Gasteiger partial charge in [0.2, 0.25) is 5.91 Å². The maximum absolute atomic E-state index is 13.3. The summed E-state index contributed by atoms with van der Waals surface area (Å²) in [5.41, 5.74) is 3.75. The summed E-state index contributed by atoms with van der Waals surface area (Å²) in [6.07, 6.45) is 3.04. The van der Waals surface area contributed by atoms with Crippen LogP contribution in [0.25, 0.3) is 11.1 Å². The number of likely N-dealkylation sites (N-methyl/N-ethyl adjacent to an activating group) is 1. The van der Waals surface area contributed by atoms with Gasteiger partial charge in [-0.15, -0.1) is 0 Å². The third-order valence-electron chi connectivity index (χ3n) is 8.39. The average Bonchev–Trinajstić information content (AvgIpc) is 3.44. The second-order valence-electron chi connectivity index (χ2n) is 10.0. The summed E-state index contributed by atoms with van der Waals surface area (Å²) in [7, 11) is 1.53. The number of carbonyl (C=O) groups is 3. The van der Waals surface area contributed by atoms with Crippen molar-refractivity contribution in [2.24, 2.45) is 10.8 Å². The van der Waals surface area contributed by atoms with Gasteiger partial charge in [-0.25, -0.2) is 9.59 Å². The number of ether oxygens (including phenoxy) is 1. The van der Waals surface area contributed by atoms with Gasteiger partial charge >= 0.3 is 12.1 Å². The smallest absolute Gasteiger partial charge is 0.407 e. The van der Waals surface area contributed by atoms with Gasteiger partial charge in [0.1, 0.15) is 12.6 Å². The molecule has 34 heavy (non-hydrogen) atoms. The molecule has 2 saturated carbocycles. The van der Waals surface area contributed by atoms with E-state index in [4.69, 9.17) is 4.74 Å². The molecular weight excluding hydrogens is 432 g/mol. The van der Waals surface area contributed by atoms with Crippen molar-refractivity contribution in [2.45, 2.75) is 44.6 Å². The fourth-order valence-electron chi connectivity index (χ4n) is 5.97. The predicted molar refractivity (Wildman–Crippen MR) is 126 cm³/mol. The zero-order valence-corrected chi connectivity index (χ0v) is 19.5. The average molecular weight is 463 g/mol. The molecule has 7 nitrogen and oxygen atoms in total. The van der Waals surface area contributed by atoms with Crippen molar-refractivity contribution in [3.8, 4) is 11.1 Å². The summed E-state index contributed by atoms with van der Waals surface area (Å²) >= 11 is 0. The van der Waals surface area contributed by atoms with Crippen molar-refractivity contribution in [3.63, 3.8) is 0 Å². The van der Waals surface area contributed by atoms with Gasteiger partial charge < -0.3 is 20.1 Å². The van der Waals surface area contributed by atoms with E-state index in [2.05, 4.69) is 29.6 Å². The van der Waals surface area contributed by atoms with Crippen molar-refractivity contribution in [2.75, 3.05) is 20.2 Å². The number of alkyl carbamates (subject to hydrolysis) is 1. The molecule has 178 valence electrons. The first-order valence-corrected chi connectivity index (χ1v) is 11.9. The highest BCUT2D eigenvalue weighted by Crippen LogP contribution is 2.74. The maximum Gasteiger partial charge on any atom is 0.407 e. The second-order valence-corrected chi connectivity index (χ2v) is 10.0. The lowest BCUT2D eigenvalue weighted by Gasteiger charge is -2.35. The standard InChI is InChI=1S/C27H30N2O5/c1-17(23(30)31)29(2)24(32)27(15-26(27)12-7-13-26)16-28-25(33)34-14-22-20-10-5-3-8-18(20)19-9-4-6-11-21(19)22/h3-6,8-11,17,22H,7,12-16H2,1-2H3,(H,28,33)(H,30,31). The van der Waals surface area contributed by atoms with Crippen molar-refractivity contribution >= 4 is 18.0 Å². The quantitative estimate of drug-likeness (QED) is 0.648. The van der Waals surface area contributed by atoms with Crippen molar-refractivity contribution in [1.82, 2.24) is 10.2 Å². The van der Waals surface area contributed by atoms with E-state index in [-0.39, 0.29) is 30.4 Å². The molecule has 0 bridgehead atoms. The summed E-state index contributed by atoms with van der Waals surface area (Å²) in [5, 5.41) is 12.2. The number of hydrogen-bond donors (Lipinski definition) is 2. The van der Waals surface area contributed by atoms with Crippen LogP contribution in [-0.4, -0.2) is 54.2 Å². The highest BCUT2D eigenvalue weighted by molar-refractivity contribution is 5.91. The highest BCUT2D eigenvalue weighted by atomic mass is 16.5. The molecule has 2 aromatic rings. The Kier molecular flexibility index (Phi) is 5.38. The van der Waals surface area contributed by atoms with Gasteiger partial charge in [-0.2, -0.15) is 0 Å². The van der Waals surface area contributed by atoms with Gasteiger partial charge in [0.25, 0.3) is 0 Å². The minimum absolute atomic E-state index is 0.0322. The lowest BCUT2D eigenvalue weighted by molar-refractivity contribution is -0.151. The number of carboxylic acid groups (broad SMARTS) is 1. The number of carbonyl (C=O) groups excluding carboxylic acids is 2. The van der Waals surface area contributed by atoms with Gasteiger partial charge in [-0.1, -0.05) is 55.0 Å². The SMILES string of the molecule is CC(C(=O)O)N(C)C(=O)C1(CNC(=O)OCC2c3ccccc3-c3ccccc32)CC12CCC2. The molecule has 0 aliphatic heterocycles. The number of aliphatic carboxylic acids is 1. The number of benzene rings is 2. The van der Waals surface area contributed by atoms with Gasteiger partial charge in [-0.05, 0) is 53.9 Å². The minimum atomic E-state index is -1.04.